The molecule has 2 rings (SSSR count). The first-order chi connectivity index (χ1) is 7.72. The number of benzene rings is 1. The summed E-state index contributed by atoms with van der Waals surface area (Å²) < 4.78 is 6.23. The molecule has 4 nitrogen and oxygen atoms in total. The molecule has 0 aliphatic carbocycles. The van der Waals surface area contributed by atoms with E-state index in [9.17, 15) is 4.79 Å². The van der Waals surface area contributed by atoms with E-state index in [1.165, 1.54) is 0 Å². The summed E-state index contributed by atoms with van der Waals surface area (Å²) >= 11 is 3.35. The van der Waals surface area contributed by atoms with Crippen LogP contribution in [0.1, 0.15) is 10.6 Å². The normalized spacial score (nSPS) is 10.6. The molecule has 0 aliphatic heterocycles. The van der Waals surface area contributed by atoms with Crippen LogP contribution in [-0.2, 0) is 0 Å². The van der Waals surface area contributed by atoms with Crippen LogP contribution in [0.2, 0.25) is 0 Å². The van der Waals surface area contributed by atoms with Gasteiger partial charge in [0.05, 0.1) is 11.1 Å². The zero-order valence-electron chi connectivity index (χ0n) is 8.37. The van der Waals surface area contributed by atoms with Gasteiger partial charge in [-0.05, 0) is 28.1 Å². The quantitative estimate of drug-likeness (QED) is 0.905. The minimum atomic E-state index is -0.322. The highest BCUT2D eigenvalue weighted by Gasteiger charge is 2.12. The Morgan fingerprint density at radius 2 is 2.31 bits per heavy atom. The van der Waals surface area contributed by atoms with Crippen LogP contribution in [0.5, 0.6) is 0 Å². The van der Waals surface area contributed by atoms with E-state index < -0.39 is 0 Å². The molecule has 0 radical (unpaired) electrons. The molecule has 0 spiro atoms. The lowest BCUT2D eigenvalue weighted by atomic mass is 10.2. The van der Waals surface area contributed by atoms with Gasteiger partial charge in [-0.25, -0.2) is 0 Å². The second kappa shape index (κ2) is 4.67. The first-order valence-electron chi connectivity index (χ1n) is 4.79. The fourth-order valence-electron chi connectivity index (χ4n) is 1.40. The molecular formula is C11H10BrNO3. The maximum absolute atomic E-state index is 11.6. The van der Waals surface area contributed by atoms with Gasteiger partial charge in [0.15, 0.2) is 5.76 Å². The summed E-state index contributed by atoms with van der Waals surface area (Å²) in [6.07, 6.45) is 0. The van der Waals surface area contributed by atoms with E-state index in [1.54, 1.807) is 6.07 Å². The van der Waals surface area contributed by atoms with Gasteiger partial charge in [-0.1, -0.05) is 12.1 Å². The molecule has 0 saturated heterocycles. The van der Waals surface area contributed by atoms with Gasteiger partial charge in [0.2, 0.25) is 0 Å². The maximum Gasteiger partial charge on any atom is 0.287 e. The highest BCUT2D eigenvalue weighted by atomic mass is 79.9. The third-order valence-corrected chi connectivity index (χ3v) is 2.74. The number of halogens is 1. The number of rotatable bonds is 3. The number of fused-ring (bicyclic) bond motifs is 1. The van der Waals surface area contributed by atoms with Crippen molar-refractivity contribution in [2.45, 2.75) is 0 Å². The van der Waals surface area contributed by atoms with Gasteiger partial charge < -0.3 is 14.8 Å². The summed E-state index contributed by atoms with van der Waals surface area (Å²) in [5, 5.41) is 12.0. The highest BCUT2D eigenvalue weighted by Crippen LogP contribution is 2.26. The molecule has 0 unspecified atom stereocenters. The van der Waals surface area contributed by atoms with Gasteiger partial charge in [-0.2, -0.15) is 0 Å². The Labute approximate surface area is 100 Å². The number of para-hydroxylation sites is 1. The second-order valence-corrected chi connectivity index (χ2v) is 4.10. The molecule has 5 heteroatoms. The number of amides is 1. The van der Waals surface area contributed by atoms with E-state index in [0.29, 0.717) is 5.58 Å². The van der Waals surface area contributed by atoms with Gasteiger partial charge in [-0.3, -0.25) is 4.79 Å². The van der Waals surface area contributed by atoms with Crippen molar-refractivity contribution in [1.29, 1.82) is 0 Å². The minimum Gasteiger partial charge on any atom is -0.450 e. The Bertz CT molecular complexity index is 521. The number of aliphatic hydroxyl groups excluding tert-OH is 1. The van der Waals surface area contributed by atoms with Crippen LogP contribution < -0.4 is 5.32 Å². The lowest BCUT2D eigenvalue weighted by Crippen LogP contribution is -2.25. The van der Waals surface area contributed by atoms with Crippen molar-refractivity contribution in [3.63, 3.8) is 0 Å². The van der Waals surface area contributed by atoms with E-state index in [4.69, 9.17) is 9.52 Å². The zero-order chi connectivity index (χ0) is 11.5. The number of carbonyl (C=O) groups excluding carboxylic acids is 1. The average Bonchev–Trinajstić information content (AvgIpc) is 2.71. The third kappa shape index (κ3) is 2.10. The SMILES string of the molecule is O=C(NCCO)c1cc2cccc(Br)c2o1. The van der Waals surface area contributed by atoms with Crippen LogP contribution in [0.25, 0.3) is 11.0 Å². The molecule has 84 valence electrons. The summed E-state index contributed by atoms with van der Waals surface area (Å²) in [5.74, 6) is -0.0764. The van der Waals surface area contributed by atoms with Crippen LogP contribution >= 0.6 is 15.9 Å². The molecule has 0 bridgehead atoms. The van der Waals surface area contributed by atoms with Gasteiger partial charge in [-0.15, -0.1) is 0 Å². The predicted molar refractivity (Wildman–Crippen MR) is 63.3 cm³/mol. The molecule has 2 aromatic rings. The summed E-state index contributed by atoms with van der Waals surface area (Å²) in [4.78, 5) is 11.6. The summed E-state index contributed by atoms with van der Waals surface area (Å²) in [6, 6.07) is 7.26. The molecule has 1 heterocycles. The van der Waals surface area contributed by atoms with Gasteiger partial charge in [0.25, 0.3) is 5.91 Å². The number of furan rings is 1. The predicted octanol–water partition coefficient (Wildman–Crippen LogP) is 1.92. The van der Waals surface area contributed by atoms with Crippen LogP contribution in [0, 0.1) is 0 Å². The van der Waals surface area contributed by atoms with Crippen LogP contribution in [0.15, 0.2) is 33.2 Å². The molecule has 16 heavy (non-hydrogen) atoms. The van der Waals surface area contributed by atoms with E-state index in [0.717, 1.165) is 9.86 Å². The van der Waals surface area contributed by atoms with Gasteiger partial charge in [0.1, 0.15) is 5.58 Å². The number of hydrogen-bond acceptors (Lipinski definition) is 3. The Morgan fingerprint density at radius 1 is 1.50 bits per heavy atom. The van der Waals surface area contributed by atoms with Crippen molar-refractivity contribution in [1.82, 2.24) is 5.32 Å². The smallest absolute Gasteiger partial charge is 0.287 e. The largest absolute Gasteiger partial charge is 0.450 e. The second-order valence-electron chi connectivity index (χ2n) is 3.25. The highest BCUT2D eigenvalue weighted by molar-refractivity contribution is 9.10. The van der Waals surface area contributed by atoms with Crippen molar-refractivity contribution in [3.05, 3.63) is 34.5 Å². The molecule has 0 fully saturated rings. The molecule has 1 aromatic carbocycles. The van der Waals surface area contributed by atoms with Crippen LogP contribution in [0.4, 0.5) is 0 Å². The number of carbonyl (C=O) groups is 1. The number of nitrogens with one attached hydrogen (secondary N) is 1. The monoisotopic (exact) mass is 283 g/mol. The van der Waals surface area contributed by atoms with E-state index in [2.05, 4.69) is 21.2 Å². The van der Waals surface area contributed by atoms with E-state index >= 15 is 0 Å². The summed E-state index contributed by atoms with van der Waals surface area (Å²) in [7, 11) is 0. The molecule has 0 saturated carbocycles. The average molecular weight is 284 g/mol. The molecule has 0 atom stereocenters. The van der Waals surface area contributed by atoms with Crippen molar-refractivity contribution in [3.8, 4) is 0 Å². The molecule has 2 N–H and O–H groups in total. The van der Waals surface area contributed by atoms with Crippen molar-refractivity contribution in [2.75, 3.05) is 13.2 Å². The maximum atomic E-state index is 11.6. The Balaban J connectivity index is 2.32. The third-order valence-electron chi connectivity index (χ3n) is 2.12. The van der Waals surface area contributed by atoms with Gasteiger partial charge >= 0.3 is 0 Å². The van der Waals surface area contributed by atoms with Crippen molar-refractivity contribution in [2.24, 2.45) is 0 Å². The number of aliphatic hydroxyl groups is 1. The fraction of sp³-hybridized carbons (Fsp3) is 0.182. The summed E-state index contributed by atoms with van der Waals surface area (Å²) in [6.45, 7) is 0.132. The van der Waals surface area contributed by atoms with Gasteiger partial charge in [0, 0.05) is 11.9 Å². The van der Waals surface area contributed by atoms with E-state index in [-0.39, 0.29) is 24.8 Å². The minimum absolute atomic E-state index is 0.0876. The van der Waals surface area contributed by atoms with Crippen molar-refractivity contribution < 1.29 is 14.3 Å². The molecule has 1 amide bonds. The Hall–Kier alpha value is -1.33. The molecule has 0 aliphatic rings. The Morgan fingerprint density at radius 3 is 3.00 bits per heavy atom. The topological polar surface area (TPSA) is 62.5 Å². The first kappa shape index (κ1) is 11.2. The van der Waals surface area contributed by atoms with E-state index in [1.807, 2.05) is 18.2 Å². The molecule has 1 aromatic heterocycles. The Kier molecular flexibility index (Phi) is 3.26. The lowest BCUT2D eigenvalue weighted by molar-refractivity contribution is 0.0919. The van der Waals surface area contributed by atoms with Crippen LogP contribution in [0.3, 0.4) is 0 Å². The van der Waals surface area contributed by atoms with Crippen LogP contribution in [-0.4, -0.2) is 24.2 Å². The number of hydrogen-bond donors (Lipinski definition) is 2. The standard InChI is InChI=1S/C11H10BrNO3/c12-8-3-1-2-7-6-9(16-10(7)8)11(15)13-4-5-14/h1-3,6,14H,4-5H2,(H,13,15). The lowest BCUT2D eigenvalue weighted by Gasteiger charge is -1.98. The molecular weight excluding hydrogens is 274 g/mol. The van der Waals surface area contributed by atoms with Crippen molar-refractivity contribution >= 4 is 32.8 Å². The summed E-state index contributed by atoms with van der Waals surface area (Å²) in [5.41, 5.74) is 0.650. The first-order valence-corrected chi connectivity index (χ1v) is 5.59. The zero-order valence-corrected chi connectivity index (χ0v) is 9.95. The fourth-order valence-corrected chi connectivity index (χ4v) is 1.86.